The van der Waals surface area contributed by atoms with Crippen LogP contribution in [0.4, 0.5) is 0 Å². The Kier molecular flexibility index (Phi) is 7.51. The van der Waals surface area contributed by atoms with Gasteiger partial charge in [0.15, 0.2) is 0 Å². The molecule has 0 aromatic heterocycles. The van der Waals surface area contributed by atoms with Crippen LogP contribution in [0.15, 0.2) is 0 Å². The van der Waals surface area contributed by atoms with E-state index in [1.807, 2.05) is 0 Å². The lowest BCUT2D eigenvalue weighted by atomic mass is 10.2. The summed E-state index contributed by atoms with van der Waals surface area (Å²) in [6, 6.07) is 0.681. The topological polar surface area (TPSA) is 15.3 Å². The molecule has 2 heteroatoms. The number of hydrogen-bond donors (Lipinski definition) is 1. The molecule has 1 atom stereocenters. The van der Waals surface area contributed by atoms with E-state index in [1.54, 1.807) is 0 Å². The summed E-state index contributed by atoms with van der Waals surface area (Å²) in [5, 5.41) is 3.42. The van der Waals surface area contributed by atoms with Crippen molar-refractivity contribution < 1.29 is 0 Å². The first-order valence-corrected chi connectivity index (χ1v) is 5.12. The van der Waals surface area contributed by atoms with Crippen LogP contribution in [-0.4, -0.2) is 37.6 Å². The molecule has 2 nitrogen and oxygen atoms in total. The maximum absolute atomic E-state index is 3.42. The van der Waals surface area contributed by atoms with Gasteiger partial charge in [0.2, 0.25) is 0 Å². The zero-order valence-corrected chi connectivity index (χ0v) is 9.06. The summed E-state index contributed by atoms with van der Waals surface area (Å²) >= 11 is 0. The van der Waals surface area contributed by atoms with E-state index in [0.29, 0.717) is 6.04 Å². The fourth-order valence-electron chi connectivity index (χ4n) is 1.28. The van der Waals surface area contributed by atoms with Crippen LogP contribution in [0.2, 0.25) is 0 Å². The third-order valence-electron chi connectivity index (χ3n) is 2.27. The molecule has 0 radical (unpaired) electrons. The predicted octanol–water partition coefficient (Wildman–Crippen LogP) is 1.72. The summed E-state index contributed by atoms with van der Waals surface area (Å²) < 4.78 is 0. The average molecular weight is 172 g/mol. The molecule has 0 spiro atoms. The number of hydrogen-bond acceptors (Lipinski definition) is 2. The summed E-state index contributed by atoms with van der Waals surface area (Å²) in [6.45, 7) is 10.1. The molecule has 0 saturated heterocycles. The van der Waals surface area contributed by atoms with Gasteiger partial charge >= 0.3 is 0 Å². The van der Waals surface area contributed by atoms with Gasteiger partial charge in [-0.05, 0) is 46.4 Å². The second-order valence-corrected chi connectivity index (χ2v) is 3.50. The standard InChI is InChI=1S/C10H24N2/c1-5-11-10(3)8-7-9-12(4)6-2/h10-11H,5-9H2,1-4H3. The molecule has 0 amide bonds. The van der Waals surface area contributed by atoms with Crippen LogP contribution in [0.1, 0.15) is 33.6 Å². The molecule has 12 heavy (non-hydrogen) atoms. The van der Waals surface area contributed by atoms with Crippen molar-refractivity contribution in [3.05, 3.63) is 0 Å². The number of rotatable bonds is 7. The molecule has 0 bridgehead atoms. The normalized spacial score (nSPS) is 13.8. The van der Waals surface area contributed by atoms with Crippen molar-refractivity contribution >= 4 is 0 Å². The van der Waals surface area contributed by atoms with Crippen molar-refractivity contribution in [2.75, 3.05) is 26.7 Å². The lowest BCUT2D eigenvalue weighted by molar-refractivity contribution is 0.333. The molecule has 0 rings (SSSR count). The Morgan fingerprint density at radius 1 is 1.33 bits per heavy atom. The van der Waals surface area contributed by atoms with Gasteiger partial charge in [0, 0.05) is 6.04 Å². The van der Waals surface area contributed by atoms with E-state index in [1.165, 1.54) is 19.4 Å². The van der Waals surface area contributed by atoms with Gasteiger partial charge < -0.3 is 10.2 Å². The molecule has 0 aliphatic rings. The van der Waals surface area contributed by atoms with Gasteiger partial charge in [0.1, 0.15) is 0 Å². The third kappa shape index (κ3) is 6.62. The predicted molar refractivity (Wildman–Crippen MR) is 55.5 cm³/mol. The van der Waals surface area contributed by atoms with Crippen molar-refractivity contribution in [1.29, 1.82) is 0 Å². The lowest BCUT2D eigenvalue weighted by Gasteiger charge is -2.16. The molecular formula is C10H24N2. The summed E-state index contributed by atoms with van der Waals surface area (Å²) in [7, 11) is 2.18. The molecule has 0 aliphatic heterocycles. The minimum absolute atomic E-state index is 0.681. The SMILES string of the molecule is CCNC(C)CCCN(C)CC. The van der Waals surface area contributed by atoms with Crippen molar-refractivity contribution in [2.45, 2.75) is 39.7 Å². The van der Waals surface area contributed by atoms with Crippen LogP contribution in [0.3, 0.4) is 0 Å². The molecule has 0 fully saturated rings. The van der Waals surface area contributed by atoms with Gasteiger partial charge in [0.25, 0.3) is 0 Å². The van der Waals surface area contributed by atoms with E-state index in [0.717, 1.165) is 13.1 Å². The quantitative estimate of drug-likeness (QED) is 0.629. The Labute approximate surface area is 77.3 Å². The highest BCUT2D eigenvalue weighted by Crippen LogP contribution is 1.97. The first-order chi connectivity index (χ1) is 5.70. The average Bonchev–Trinajstić information content (AvgIpc) is 2.04. The Morgan fingerprint density at radius 3 is 2.50 bits per heavy atom. The minimum atomic E-state index is 0.681. The van der Waals surface area contributed by atoms with Crippen LogP contribution in [0, 0.1) is 0 Å². The second-order valence-electron chi connectivity index (χ2n) is 3.50. The van der Waals surface area contributed by atoms with Crippen LogP contribution in [-0.2, 0) is 0 Å². The molecule has 0 heterocycles. The molecule has 0 saturated carbocycles. The first kappa shape index (κ1) is 11.9. The first-order valence-electron chi connectivity index (χ1n) is 5.12. The summed E-state index contributed by atoms with van der Waals surface area (Å²) in [4.78, 5) is 2.36. The lowest BCUT2D eigenvalue weighted by Crippen LogP contribution is -2.27. The summed E-state index contributed by atoms with van der Waals surface area (Å²) in [5.41, 5.74) is 0. The highest BCUT2D eigenvalue weighted by Gasteiger charge is 1.99. The summed E-state index contributed by atoms with van der Waals surface area (Å²) in [5.74, 6) is 0. The molecule has 1 unspecified atom stereocenters. The van der Waals surface area contributed by atoms with Crippen LogP contribution >= 0.6 is 0 Å². The Balaban J connectivity index is 3.18. The van der Waals surface area contributed by atoms with E-state index >= 15 is 0 Å². The smallest absolute Gasteiger partial charge is 0.00390 e. The van der Waals surface area contributed by atoms with Gasteiger partial charge in [-0.3, -0.25) is 0 Å². The largest absolute Gasteiger partial charge is 0.315 e. The maximum atomic E-state index is 3.42. The zero-order chi connectivity index (χ0) is 9.40. The molecular weight excluding hydrogens is 148 g/mol. The van der Waals surface area contributed by atoms with Gasteiger partial charge in [-0.1, -0.05) is 13.8 Å². The monoisotopic (exact) mass is 172 g/mol. The van der Waals surface area contributed by atoms with Gasteiger partial charge in [-0.2, -0.15) is 0 Å². The minimum Gasteiger partial charge on any atom is -0.315 e. The van der Waals surface area contributed by atoms with Gasteiger partial charge in [0.05, 0.1) is 0 Å². The van der Waals surface area contributed by atoms with E-state index in [4.69, 9.17) is 0 Å². The van der Waals surface area contributed by atoms with Crippen molar-refractivity contribution in [2.24, 2.45) is 0 Å². The van der Waals surface area contributed by atoms with Crippen LogP contribution < -0.4 is 5.32 Å². The fourth-order valence-corrected chi connectivity index (χ4v) is 1.28. The van der Waals surface area contributed by atoms with E-state index in [2.05, 4.69) is 38.0 Å². The molecule has 74 valence electrons. The second kappa shape index (κ2) is 7.56. The molecule has 0 aliphatic carbocycles. The Morgan fingerprint density at radius 2 is 2.00 bits per heavy atom. The number of nitrogens with zero attached hydrogens (tertiary/aromatic N) is 1. The third-order valence-corrected chi connectivity index (χ3v) is 2.27. The maximum Gasteiger partial charge on any atom is 0.00390 e. The van der Waals surface area contributed by atoms with Crippen LogP contribution in [0.25, 0.3) is 0 Å². The Bertz CT molecular complexity index is 93.8. The van der Waals surface area contributed by atoms with E-state index in [-0.39, 0.29) is 0 Å². The van der Waals surface area contributed by atoms with Gasteiger partial charge in [-0.25, -0.2) is 0 Å². The number of nitrogens with one attached hydrogen (secondary N) is 1. The zero-order valence-electron chi connectivity index (χ0n) is 9.06. The van der Waals surface area contributed by atoms with E-state index < -0.39 is 0 Å². The van der Waals surface area contributed by atoms with E-state index in [9.17, 15) is 0 Å². The van der Waals surface area contributed by atoms with Crippen molar-refractivity contribution in [3.8, 4) is 0 Å². The molecule has 1 N–H and O–H groups in total. The fraction of sp³-hybridized carbons (Fsp3) is 1.00. The Hall–Kier alpha value is -0.0800. The van der Waals surface area contributed by atoms with Crippen molar-refractivity contribution in [1.82, 2.24) is 10.2 Å². The van der Waals surface area contributed by atoms with Gasteiger partial charge in [-0.15, -0.1) is 0 Å². The summed E-state index contributed by atoms with van der Waals surface area (Å²) in [6.07, 6.45) is 2.59. The molecule has 0 aromatic rings. The van der Waals surface area contributed by atoms with Crippen molar-refractivity contribution in [3.63, 3.8) is 0 Å². The highest BCUT2D eigenvalue weighted by molar-refractivity contribution is 4.60. The molecule has 0 aromatic carbocycles. The highest BCUT2D eigenvalue weighted by atomic mass is 15.1. The van der Waals surface area contributed by atoms with Crippen LogP contribution in [0.5, 0.6) is 0 Å².